The lowest BCUT2D eigenvalue weighted by molar-refractivity contribution is -0.159. The lowest BCUT2D eigenvalue weighted by atomic mass is 9.46. The highest BCUT2D eigenvalue weighted by atomic mass is 16.6. The predicted molar refractivity (Wildman–Crippen MR) is 155 cm³/mol. The fraction of sp³-hybridized carbons (Fsp3) is 0.636. The highest BCUT2D eigenvalue weighted by Gasteiger charge is 2.65. The third-order valence-corrected chi connectivity index (χ3v) is 11.2. The number of hydrogen-bond acceptors (Lipinski definition) is 7. The van der Waals surface area contributed by atoms with E-state index in [1.54, 1.807) is 6.92 Å². The molecule has 1 aromatic carbocycles. The number of rotatable bonds is 8. The number of oxime groups is 1. The highest BCUT2D eigenvalue weighted by molar-refractivity contribution is 5.96. The average Bonchev–Trinajstić information content (AvgIpc) is 3.24. The molecule has 0 spiro atoms. The minimum atomic E-state index is -1.19. The zero-order valence-corrected chi connectivity index (χ0v) is 24.8. The molecule has 1 amide bonds. The summed E-state index contributed by atoms with van der Waals surface area (Å²) < 4.78 is 4.87. The zero-order chi connectivity index (χ0) is 29.4. The van der Waals surface area contributed by atoms with Crippen molar-refractivity contribution in [2.75, 3.05) is 13.7 Å². The number of carbonyl (C=O) groups is 3. The molecule has 5 rings (SSSR count). The van der Waals surface area contributed by atoms with Crippen LogP contribution in [0, 0.1) is 28.6 Å². The summed E-state index contributed by atoms with van der Waals surface area (Å²) in [6.45, 7) is 5.81. The number of nitrogens with one attached hydrogen (secondary N) is 1. The number of carbonyl (C=O) groups excluding carboxylic acids is 3. The van der Waals surface area contributed by atoms with Gasteiger partial charge in [0, 0.05) is 11.8 Å². The summed E-state index contributed by atoms with van der Waals surface area (Å²) in [6, 6.07) is 8.65. The lowest BCUT2D eigenvalue weighted by Crippen LogP contribution is -2.57. The van der Waals surface area contributed by atoms with E-state index in [1.807, 2.05) is 30.3 Å². The van der Waals surface area contributed by atoms with Crippen LogP contribution in [0.3, 0.4) is 0 Å². The molecule has 2 N–H and O–H groups in total. The van der Waals surface area contributed by atoms with Gasteiger partial charge in [0.25, 0.3) is 5.91 Å². The summed E-state index contributed by atoms with van der Waals surface area (Å²) in [4.78, 5) is 42.8. The van der Waals surface area contributed by atoms with Gasteiger partial charge in [-0.15, -0.1) is 0 Å². The van der Waals surface area contributed by atoms with Crippen molar-refractivity contribution in [3.63, 3.8) is 0 Å². The minimum Gasteiger partial charge on any atom is -0.467 e. The molecular weight excluding hydrogens is 520 g/mol. The number of Topliss-reactive ketones (excluding diaryl/α,β-unsaturated/α-hetero) is 1. The van der Waals surface area contributed by atoms with Gasteiger partial charge in [0.2, 0.25) is 0 Å². The molecule has 3 fully saturated rings. The number of aliphatic hydroxyl groups is 1. The fourth-order valence-corrected chi connectivity index (χ4v) is 8.83. The largest absolute Gasteiger partial charge is 0.467 e. The first-order valence-electron chi connectivity index (χ1n) is 15.1. The monoisotopic (exact) mass is 564 g/mol. The molecule has 0 aromatic heterocycles. The number of ether oxygens (including phenoxy) is 1. The molecule has 0 aliphatic heterocycles. The van der Waals surface area contributed by atoms with Crippen LogP contribution < -0.4 is 5.32 Å². The molecule has 4 aliphatic carbocycles. The van der Waals surface area contributed by atoms with Crippen LogP contribution in [-0.2, 0) is 30.4 Å². The molecule has 3 saturated carbocycles. The van der Waals surface area contributed by atoms with Gasteiger partial charge < -0.3 is 20.0 Å². The Morgan fingerprint density at radius 2 is 1.78 bits per heavy atom. The first-order chi connectivity index (χ1) is 19.5. The third kappa shape index (κ3) is 5.24. The molecule has 41 heavy (non-hydrogen) atoms. The van der Waals surface area contributed by atoms with Crippen molar-refractivity contribution in [1.82, 2.24) is 5.32 Å². The Balaban J connectivity index is 1.20. The number of methoxy groups -OCH3 is 1. The first kappa shape index (κ1) is 29.5. The van der Waals surface area contributed by atoms with E-state index in [2.05, 4.69) is 30.4 Å². The zero-order valence-electron chi connectivity index (χ0n) is 24.8. The quantitative estimate of drug-likeness (QED) is 0.354. The number of esters is 1. The molecule has 0 radical (unpaired) electrons. The van der Waals surface area contributed by atoms with Crippen molar-refractivity contribution < 1.29 is 29.1 Å². The number of fused-ring (bicyclic) bond motifs is 5. The molecule has 0 heterocycles. The molecule has 8 heteroatoms. The van der Waals surface area contributed by atoms with Crippen molar-refractivity contribution in [3.8, 4) is 0 Å². The van der Waals surface area contributed by atoms with E-state index in [0.717, 1.165) is 56.2 Å². The van der Waals surface area contributed by atoms with Crippen molar-refractivity contribution >= 4 is 23.4 Å². The van der Waals surface area contributed by atoms with Crippen molar-refractivity contribution in [2.24, 2.45) is 33.7 Å². The van der Waals surface area contributed by atoms with E-state index in [9.17, 15) is 19.5 Å². The van der Waals surface area contributed by atoms with E-state index < -0.39 is 23.5 Å². The van der Waals surface area contributed by atoms with Gasteiger partial charge in [-0.25, -0.2) is 4.79 Å². The fourth-order valence-electron chi connectivity index (χ4n) is 8.83. The molecule has 8 nitrogen and oxygen atoms in total. The van der Waals surface area contributed by atoms with Gasteiger partial charge in [-0.3, -0.25) is 9.59 Å². The Morgan fingerprint density at radius 3 is 2.49 bits per heavy atom. The summed E-state index contributed by atoms with van der Waals surface area (Å²) >= 11 is 0. The normalized spacial score (nSPS) is 35.8. The summed E-state index contributed by atoms with van der Waals surface area (Å²) in [5, 5.41) is 18.4. The number of ketones is 1. The Bertz CT molecular complexity index is 1240. The Hall–Kier alpha value is -3.00. The number of benzene rings is 1. The van der Waals surface area contributed by atoms with Crippen LogP contribution in [0.25, 0.3) is 0 Å². The van der Waals surface area contributed by atoms with Crippen molar-refractivity contribution in [1.29, 1.82) is 0 Å². The molecule has 0 bridgehead atoms. The van der Waals surface area contributed by atoms with Crippen LogP contribution in [0.1, 0.15) is 77.7 Å². The van der Waals surface area contributed by atoms with Gasteiger partial charge >= 0.3 is 5.97 Å². The molecule has 0 unspecified atom stereocenters. The second-order valence-corrected chi connectivity index (χ2v) is 13.1. The van der Waals surface area contributed by atoms with E-state index in [-0.39, 0.29) is 23.2 Å². The maximum absolute atomic E-state index is 12.6. The van der Waals surface area contributed by atoms with Crippen LogP contribution in [0.2, 0.25) is 0 Å². The maximum Gasteiger partial charge on any atom is 0.328 e. The molecule has 1 aromatic rings. The van der Waals surface area contributed by atoms with Gasteiger partial charge in [0.15, 0.2) is 12.4 Å². The van der Waals surface area contributed by atoms with E-state index in [4.69, 9.17) is 9.57 Å². The Kier molecular flexibility index (Phi) is 8.16. The van der Waals surface area contributed by atoms with Crippen LogP contribution in [0.4, 0.5) is 0 Å². The number of amides is 1. The summed E-state index contributed by atoms with van der Waals surface area (Å²) in [7, 11) is 1.30. The molecule has 0 saturated heterocycles. The average molecular weight is 565 g/mol. The van der Waals surface area contributed by atoms with E-state index in [1.165, 1.54) is 12.7 Å². The van der Waals surface area contributed by atoms with Crippen LogP contribution in [-0.4, -0.2) is 53.8 Å². The second kappa shape index (κ2) is 11.3. The lowest BCUT2D eigenvalue weighted by Gasteiger charge is -2.59. The van der Waals surface area contributed by atoms with Gasteiger partial charge in [0.1, 0.15) is 11.6 Å². The summed E-state index contributed by atoms with van der Waals surface area (Å²) in [6.07, 6.45) is 9.68. The van der Waals surface area contributed by atoms with Gasteiger partial charge in [0.05, 0.1) is 12.8 Å². The second-order valence-electron chi connectivity index (χ2n) is 13.1. The van der Waals surface area contributed by atoms with Crippen molar-refractivity contribution in [2.45, 2.75) is 90.2 Å². The molecular formula is C33H44N2O6. The number of nitrogens with zero attached hydrogens (tertiary/aromatic N) is 1. The van der Waals surface area contributed by atoms with Gasteiger partial charge in [-0.05, 0) is 93.1 Å². The molecule has 4 aliphatic rings. The highest BCUT2D eigenvalue weighted by Crippen LogP contribution is 2.67. The Morgan fingerprint density at radius 1 is 1.05 bits per heavy atom. The summed E-state index contributed by atoms with van der Waals surface area (Å²) in [5.74, 6) is 0.409. The Labute approximate surface area is 242 Å². The van der Waals surface area contributed by atoms with Crippen LogP contribution in [0.15, 0.2) is 47.1 Å². The first-order valence-corrected chi connectivity index (χ1v) is 15.1. The minimum absolute atomic E-state index is 0.0722. The number of allylic oxidation sites excluding steroid dienone is 2. The molecule has 222 valence electrons. The molecule has 7 atom stereocenters. The number of hydrogen-bond donors (Lipinski definition) is 2. The summed E-state index contributed by atoms with van der Waals surface area (Å²) in [5.41, 5.74) is 1.71. The smallest absolute Gasteiger partial charge is 0.328 e. The maximum atomic E-state index is 12.6. The SMILES string of the molecule is COC(=O)[C@H](Cc1ccccc1)NC(=O)CO/N=C1/C=C2CC[C@@H]3[C@H](CC[C@@]4(C)[C@H]3CC[C@]4(O)C(C)=O)[C@@]2(C)CC1. The third-order valence-electron chi connectivity index (χ3n) is 11.2. The van der Waals surface area contributed by atoms with Gasteiger partial charge in [-0.1, -0.05) is 54.9 Å². The predicted octanol–water partition coefficient (Wildman–Crippen LogP) is 4.54. The van der Waals surface area contributed by atoms with Crippen molar-refractivity contribution in [3.05, 3.63) is 47.5 Å². The van der Waals surface area contributed by atoms with Crippen LogP contribution >= 0.6 is 0 Å². The van der Waals surface area contributed by atoms with Gasteiger partial charge in [-0.2, -0.15) is 0 Å². The van der Waals surface area contributed by atoms with Crippen LogP contribution in [0.5, 0.6) is 0 Å². The topological polar surface area (TPSA) is 114 Å². The van der Waals surface area contributed by atoms with E-state index >= 15 is 0 Å². The standard InChI is InChI=1S/C33H44N2O6/c1-21(36)33(39)17-14-27-25-11-10-23-19-24(12-15-31(23,2)26(25)13-16-32(27,33)3)35-41-20-29(37)34-28(30(38)40-4)18-22-8-6-5-7-9-22/h5-9,19,25-28,39H,10-18,20H2,1-4H3,(H,34,37)/b35-24+/t25-,26+,27+,28+,31+,32+,33+/m1/s1. The van der Waals surface area contributed by atoms with E-state index in [0.29, 0.717) is 30.6 Å².